The van der Waals surface area contributed by atoms with E-state index in [1.807, 2.05) is 32.0 Å². The Hall–Kier alpha value is -2.15. The summed E-state index contributed by atoms with van der Waals surface area (Å²) in [5.41, 5.74) is 2.25. The standard InChI is InChI=1S/C15H16N4O2S/c1-9-5-4-6-13-17-12(7-14(20)19(9)13)8-22-10(2)15-16-11(3)18-21-15/h4-7,10H,8H2,1-3H3/t10-/m1/s1. The van der Waals surface area contributed by atoms with Crippen molar-refractivity contribution in [1.82, 2.24) is 19.5 Å². The Bertz CT molecular complexity index is 871. The molecule has 0 saturated heterocycles. The molecule has 0 bridgehead atoms. The Morgan fingerprint density at radius 1 is 1.32 bits per heavy atom. The largest absolute Gasteiger partial charge is 0.338 e. The summed E-state index contributed by atoms with van der Waals surface area (Å²) in [6.45, 7) is 5.68. The minimum Gasteiger partial charge on any atom is -0.338 e. The average Bonchev–Trinajstić information content (AvgIpc) is 2.91. The molecule has 114 valence electrons. The van der Waals surface area contributed by atoms with Gasteiger partial charge in [-0.25, -0.2) is 4.98 Å². The van der Waals surface area contributed by atoms with E-state index >= 15 is 0 Å². The summed E-state index contributed by atoms with van der Waals surface area (Å²) in [5, 5.41) is 3.84. The Balaban J connectivity index is 1.81. The zero-order valence-corrected chi connectivity index (χ0v) is 13.4. The molecule has 0 aliphatic carbocycles. The number of thioether (sulfide) groups is 1. The summed E-state index contributed by atoms with van der Waals surface area (Å²) >= 11 is 1.61. The van der Waals surface area contributed by atoms with Gasteiger partial charge in [0.15, 0.2) is 5.82 Å². The molecule has 0 aromatic carbocycles. The molecule has 0 N–H and O–H groups in total. The van der Waals surface area contributed by atoms with E-state index in [9.17, 15) is 4.79 Å². The second-order valence-corrected chi connectivity index (χ2v) is 6.41. The first-order valence-electron chi connectivity index (χ1n) is 6.95. The van der Waals surface area contributed by atoms with E-state index in [2.05, 4.69) is 15.1 Å². The predicted octanol–water partition coefficient (Wildman–Crippen LogP) is 2.69. The van der Waals surface area contributed by atoms with Crippen LogP contribution in [-0.4, -0.2) is 19.5 Å². The Morgan fingerprint density at radius 2 is 2.14 bits per heavy atom. The normalized spacial score (nSPS) is 12.7. The van der Waals surface area contributed by atoms with Gasteiger partial charge in [0.2, 0.25) is 5.89 Å². The van der Waals surface area contributed by atoms with Crippen molar-refractivity contribution in [2.24, 2.45) is 0 Å². The van der Waals surface area contributed by atoms with Crippen molar-refractivity contribution in [3.8, 4) is 0 Å². The van der Waals surface area contributed by atoms with E-state index < -0.39 is 0 Å². The van der Waals surface area contributed by atoms with Gasteiger partial charge >= 0.3 is 0 Å². The van der Waals surface area contributed by atoms with Gasteiger partial charge < -0.3 is 4.52 Å². The number of fused-ring (bicyclic) bond motifs is 1. The minimum absolute atomic E-state index is 0.0546. The summed E-state index contributed by atoms with van der Waals surface area (Å²) in [6.07, 6.45) is 0. The molecule has 6 nitrogen and oxygen atoms in total. The molecule has 0 fully saturated rings. The van der Waals surface area contributed by atoms with Crippen LogP contribution in [0.4, 0.5) is 0 Å². The average molecular weight is 316 g/mol. The summed E-state index contributed by atoms with van der Waals surface area (Å²) in [4.78, 5) is 21.0. The van der Waals surface area contributed by atoms with Gasteiger partial charge in [0.05, 0.1) is 10.9 Å². The van der Waals surface area contributed by atoms with E-state index in [0.717, 1.165) is 11.4 Å². The summed E-state index contributed by atoms with van der Waals surface area (Å²) < 4.78 is 6.77. The molecule has 3 aromatic rings. The van der Waals surface area contributed by atoms with Gasteiger partial charge in [-0.05, 0) is 32.9 Å². The quantitative estimate of drug-likeness (QED) is 0.737. The van der Waals surface area contributed by atoms with Gasteiger partial charge in [-0.1, -0.05) is 11.2 Å². The highest BCUT2D eigenvalue weighted by atomic mass is 32.2. The van der Waals surface area contributed by atoms with Crippen molar-refractivity contribution in [2.45, 2.75) is 31.8 Å². The van der Waals surface area contributed by atoms with E-state index in [-0.39, 0.29) is 10.8 Å². The molecule has 0 unspecified atom stereocenters. The second-order valence-electron chi connectivity index (χ2n) is 5.08. The van der Waals surface area contributed by atoms with Gasteiger partial charge in [0.1, 0.15) is 5.65 Å². The maximum Gasteiger partial charge on any atom is 0.258 e. The highest BCUT2D eigenvalue weighted by Gasteiger charge is 2.14. The third kappa shape index (κ3) is 2.89. The van der Waals surface area contributed by atoms with Crippen LogP contribution in [0.15, 0.2) is 33.6 Å². The molecule has 3 heterocycles. The molecule has 7 heteroatoms. The molecule has 3 rings (SSSR count). The zero-order chi connectivity index (χ0) is 15.7. The van der Waals surface area contributed by atoms with Crippen LogP contribution < -0.4 is 5.56 Å². The second kappa shape index (κ2) is 5.92. The molecule has 0 saturated carbocycles. The van der Waals surface area contributed by atoms with Crippen LogP contribution in [0.5, 0.6) is 0 Å². The van der Waals surface area contributed by atoms with Gasteiger partial charge in [-0.15, -0.1) is 11.8 Å². The smallest absolute Gasteiger partial charge is 0.258 e. The molecule has 22 heavy (non-hydrogen) atoms. The molecule has 1 atom stereocenters. The van der Waals surface area contributed by atoms with Gasteiger partial charge in [-0.2, -0.15) is 4.98 Å². The van der Waals surface area contributed by atoms with Crippen molar-refractivity contribution in [3.05, 3.63) is 57.7 Å². The molecule has 0 aliphatic rings. The van der Waals surface area contributed by atoms with Crippen molar-refractivity contribution < 1.29 is 4.52 Å². The number of hydrogen-bond donors (Lipinski definition) is 0. The van der Waals surface area contributed by atoms with E-state index in [4.69, 9.17) is 4.52 Å². The van der Waals surface area contributed by atoms with Crippen LogP contribution in [0.3, 0.4) is 0 Å². The fraction of sp³-hybridized carbons (Fsp3) is 0.333. The molecular formula is C15H16N4O2S. The van der Waals surface area contributed by atoms with E-state index in [1.54, 1.807) is 29.2 Å². The maximum atomic E-state index is 12.2. The van der Waals surface area contributed by atoms with E-state index in [1.165, 1.54) is 0 Å². The van der Waals surface area contributed by atoms with Gasteiger partial charge in [0, 0.05) is 17.5 Å². The number of rotatable bonds is 4. The highest BCUT2D eigenvalue weighted by Crippen LogP contribution is 2.29. The van der Waals surface area contributed by atoms with Crippen LogP contribution in [-0.2, 0) is 5.75 Å². The van der Waals surface area contributed by atoms with E-state index in [0.29, 0.717) is 23.1 Å². The molecule has 0 radical (unpaired) electrons. The third-order valence-electron chi connectivity index (χ3n) is 3.31. The minimum atomic E-state index is -0.0556. The molecule has 3 aromatic heterocycles. The van der Waals surface area contributed by atoms with Crippen molar-refractivity contribution in [1.29, 1.82) is 0 Å². The Labute approximate surface area is 131 Å². The lowest BCUT2D eigenvalue weighted by molar-refractivity contribution is 0.376. The van der Waals surface area contributed by atoms with Crippen LogP contribution in [0.2, 0.25) is 0 Å². The van der Waals surface area contributed by atoms with Crippen molar-refractivity contribution in [3.63, 3.8) is 0 Å². The fourth-order valence-corrected chi connectivity index (χ4v) is 3.00. The lowest BCUT2D eigenvalue weighted by Gasteiger charge is -2.08. The summed E-state index contributed by atoms with van der Waals surface area (Å²) in [7, 11) is 0. The topological polar surface area (TPSA) is 73.3 Å². The molecule has 0 spiro atoms. The maximum absolute atomic E-state index is 12.2. The molecular weight excluding hydrogens is 300 g/mol. The number of hydrogen-bond acceptors (Lipinski definition) is 6. The lowest BCUT2D eigenvalue weighted by Crippen LogP contribution is -2.17. The highest BCUT2D eigenvalue weighted by molar-refractivity contribution is 7.98. The Kier molecular flexibility index (Phi) is 3.98. The van der Waals surface area contributed by atoms with Crippen LogP contribution in [0.1, 0.15) is 35.3 Å². The van der Waals surface area contributed by atoms with Crippen molar-refractivity contribution in [2.75, 3.05) is 0 Å². The fourth-order valence-electron chi connectivity index (χ4n) is 2.20. The first kappa shape index (κ1) is 14.8. The molecule has 0 amide bonds. The first-order chi connectivity index (χ1) is 10.5. The van der Waals surface area contributed by atoms with Crippen LogP contribution in [0.25, 0.3) is 5.65 Å². The predicted molar refractivity (Wildman–Crippen MR) is 84.9 cm³/mol. The number of aromatic nitrogens is 4. The zero-order valence-electron chi connectivity index (χ0n) is 12.6. The lowest BCUT2D eigenvalue weighted by atomic mass is 10.3. The third-order valence-corrected chi connectivity index (χ3v) is 4.47. The first-order valence-corrected chi connectivity index (χ1v) is 7.99. The summed E-state index contributed by atoms with van der Waals surface area (Å²) in [5.74, 6) is 1.83. The van der Waals surface area contributed by atoms with Gasteiger partial charge in [0.25, 0.3) is 5.56 Å². The number of aryl methyl sites for hydroxylation is 2. The van der Waals surface area contributed by atoms with Crippen LogP contribution in [0, 0.1) is 13.8 Å². The SMILES string of the molecule is Cc1noc([C@@H](C)SCc2cc(=O)n3c(C)cccc3n2)n1. The van der Waals surface area contributed by atoms with Crippen LogP contribution >= 0.6 is 11.8 Å². The summed E-state index contributed by atoms with van der Waals surface area (Å²) in [6, 6.07) is 7.22. The number of pyridine rings is 1. The van der Waals surface area contributed by atoms with Gasteiger partial charge in [-0.3, -0.25) is 9.20 Å². The Morgan fingerprint density at radius 3 is 2.86 bits per heavy atom. The number of nitrogens with zero attached hydrogens (tertiary/aromatic N) is 4. The molecule has 0 aliphatic heterocycles. The van der Waals surface area contributed by atoms with Crippen molar-refractivity contribution >= 4 is 17.4 Å². The monoisotopic (exact) mass is 316 g/mol.